The van der Waals surface area contributed by atoms with Crippen molar-refractivity contribution in [3.8, 4) is 0 Å². The second-order valence-electron chi connectivity index (χ2n) is 3.42. The molecule has 0 radical (unpaired) electrons. The molecule has 0 saturated heterocycles. The third-order valence-electron chi connectivity index (χ3n) is 2.00. The van der Waals surface area contributed by atoms with E-state index in [1.165, 1.54) is 19.3 Å². The number of anilines is 1. The van der Waals surface area contributed by atoms with E-state index in [2.05, 4.69) is 20.6 Å². The number of amides is 2. The summed E-state index contributed by atoms with van der Waals surface area (Å²) in [5.74, 6) is -0.579. The molecule has 1 aromatic rings. The van der Waals surface area contributed by atoms with Crippen LogP contribution in [-0.2, 0) is 4.79 Å². The number of rotatable bonds is 5. The molecule has 7 heteroatoms. The van der Waals surface area contributed by atoms with Gasteiger partial charge < -0.3 is 16.4 Å². The average Bonchev–Trinajstić information content (AvgIpc) is 2.29. The first-order chi connectivity index (χ1) is 8.04. The van der Waals surface area contributed by atoms with Gasteiger partial charge in [0.15, 0.2) is 0 Å². The molecule has 0 spiro atoms. The van der Waals surface area contributed by atoms with Gasteiger partial charge in [-0.15, -0.1) is 0 Å². The number of hydrogen-bond acceptors (Lipinski definition) is 5. The SMILES string of the molecule is CCNc1cncc(C(=O)NC(C)C(N)=O)n1. The fraction of sp³-hybridized carbons (Fsp3) is 0.400. The van der Waals surface area contributed by atoms with Crippen molar-refractivity contribution in [3.05, 3.63) is 18.1 Å². The standard InChI is InChI=1S/C10H15N5O2/c1-3-13-8-5-12-4-7(15-8)10(17)14-6(2)9(11)16/h4-6H,3H2,1-2H3,(H2,11,16)(H,13,15)(H,14,17). The molecule has 0 fully saturated rings. The highest BCUT2D eigenvalue weighted by Gasteiger charge is 2.15. The third-order valence-corrected chi connectivity index (χ3v) is 2.00. The number of hydrogen-bond donors (Lipinski definition) is 3. The molecule has 0 bridgehead atoms. The Morgan fingerprint density at radius 2 is 2.18 bits per heavy atom. The quantitative estimate of drug-likeness (QED) is 0.640. The lowest BCUT2D eigenvalue weighted by atomic mass is 10.3. The van der Waals surface area contributed by atoms with Gasteiger partial charge >= 0.3 is 0 Å². The van der Waals surface area contributed by atoms with Gasteiger partial charge in [-0.25, -0.2) is 4.98 Å². The topological polar surface area (TPSA) is 110 Å². The minimum absolute atomic E-state index is 0.136. The van der Waals surface area contributed by atoms with E-state index in [0.717, 1.165) is 0 Å². The van der Waals surface area contributed by atoms with Crippen LogP contribution in [0.2, 0.25) is 0 Å². The highest BCUT2D eigenvalue weighted by atomic mass is 16.2. The van der Waals surface area contributed by atoms with Gasteiger partial charge in [0.1, 0.15) is 17.6 Å². The summed E-state index contributed by atoms with van der Waals surface area (Å²) < 4.78 is 0. The fourth-order valence-electron chi connectivity index (χ4n) is 1.08. The van der Waals surface area contributed by atoms with Gasteiger partial charge in [-0.05, 0) is 13.8 Å². The maximum absolute atomic E-state index is 11.7. The van der Waals surface area contributed by atoms with Crippen molar-refractivity contribution in [1.82, 2.24) is 15.3 Å². The minimum atomic E-state index is -0.743. The Morgan fingerprint density at radius 1 is 1.47 bits per heavy atom. The van der Waals surface area contributed by atoms with Gasteiger partial charge in [0.05, 0.1) is 12.4 Å². The Bertz CT molecular complexity index is 421. The van der Waals surface area contributed by atoms with E-state index in [1.807, 2.05) is 6.92 Å². The molecule has 4 N–H and O–H groups in total. The molecule has 0 aromatic carbocycles. The van der Waals surface area contributed by atoms with Crippen molar-refractivity contribution in [3.63, 3.8) is 0 Å². The van der Waals surface area contributed by atoms with E-state index in [4.69, 9.17) is 5.73 Å². The van der Waals surface area contributed by atoms with Gasteiger partial charge in [0, 0.05) is 6.54 Å². The Balaban J connectivity index is 2.75. The van der Waals surface area contributed by atoms with E-state index < -0.39 is 17.9 Å². The molecule has 0 aliphatic carbocycles. The molecular weight excluding hydrogens is 222 g/mol. The number of carbonyl (C=O) groups is 2. The van der Waals surface area contributed by atoms with Crippen LogP contribution in [0.3, 0.4) is 0 Å². The fourth-order valence-corrected chi connectivity index (χ4v) is 1.08. The van der Waals surface area contributed by atoms with Crippen molar-refractivity contribution in [2.75, 3.05) is 11.9 Å². The van der Waals surface area contributed by atoms with E-state index in [9.17, 15) is 9.59 Å². The average molecular weight is 237 g/mol. The first kappa shape index (κ1) is 12.9. The summed E-state index contributed by atoms with van der Waals surface area (Å²) in [6.45, 7) is 4.09. The maximum atomic E-state index is 11.7. The Morgan fingerprint density at radius 3 is 2.76 bits per heavy atom. The highest BCUT2D eigenvalue weighted by Crippen LogP contribution is 2.01. The van der Waals surface area contributed by atoms with Crippen molar-refractivity contribution in [2.24, 2.45) is 5.73 Å². The lowest BCUT2D eigenvalue weighted by Crippen LogP contribution is -2.42. The Kier molecular flexibility index (Phi) is 4.38. The molecule has 7 nitrogen and oxygen atoms in total. The Hall–Kier alpha value is -2.18. The molecule has 0 saturated carbocycles. The zero-order valence-corrected chi connectivity index (χ0v) is 9.73. The van der Waals surface area contributed by atoms with E-state index in [-0.39, 0.29) is 5.69 Å². The summed E-state index contributed by atoms with van der Waals surface area (Å²) in [5.41, 5.74) is 5.17. The summed E-state index contributed by atoms with van der Waals surface area (Å²) in [6.07, 6.45) is 2.83. The van der Waals surface area contributed by atoms with Crippen molar-refractivity contribution in [1.29, 1.82) is 0 Å². The zero-order valence-electron chi connectivity index (χ0n) is 9.73. The summed E-state index contributed by atoms with van der Waals surface area (Å²) in [6, 6.07) is -0.743. The van der Waals surface area contributed by atoms with Crippen molar-refractivity contribution < 1.29 is 9.59 Å². The number of nitrogens with one attached hydrogen (secondary N) is 2. The molecule has 1 aromatic heterocycles. The van der Waals surface area contributed by atoms with Crippen LogP contribution in [0.4, 0.5) is 5.82 Å². The van der Waals surface area contributed by atoms with E-state index in [0.29, 0.717) is 12.4 Å². The second-order valence-corrected chi connectivity index (χ2v) is 3.42. The number of carbonyl (C=O) groups excluding carboxylic acids is 2. The largest absolute Gasteiger partial charge is 0.369 e. The van der Waals surface area contributed by atoms with Crippen LogP contribution in [0.15, 0.2) is 12.4 Å². The molecule has 1 atom stereocenters. The number of nitrogens with zero attached hydrogens (tertiary/aromatic N) is 2. The minimum Gasteiger partial charge on any atom is -0.369 e. The molecule has 92 valence electrons. The van der Waals surface area contributed by atoms with Crippen LogP contribution >= 0.6 is 0 Å². The normalized spacial score (nSPS) is 11.6. The van der Waals surface area contributed by atoms with Gasteiger partial charge in [0.2, 0.25) is 5.91 Å². The predicted molar refractivity (Wildman–Crippen MR) is 62.3 cm³/mol. The molecule has 0 aliphatic heterocycles. The summed E-state index contributed by atoms with van der Waals surface area (Å²) >= 11 is 0. The molecular formula is C10H15N5O2. The van der Waals surface area contributed by atoms with Gasteiger partial charge in [-0.3, -0.25) is 14.6 Å². The first-order valence-corrected chi connectivity index (χ1v) is 5.20. The van der Waals surface area contributed by atoms with Crippen LogP contribution in [0.25, 0.3) is 0 Å². The van der Waals surface area contributed by atoms with Crippen LogP contribution in [-0.4, -0.2) is 34.4 Å². The van der Waals surface area contributed by atoms with Crippen LogP contribution in [0.1, 0.15) is 24.3 Å². The van der Waals surface area contributed by atoms with Crippen LogP contribution in [0, 0.1) is 0 Å². The predicted octanol–water partition coefficient (Wildman–Crippen LogP) is -0.488. The summed E-state index contributed by atoms with van der Waals surface area (Å²) in [7, 11) is 0. The number of aromatic nitrogens is 2. The smallest absolute Gasteiger partial charge is 0.272 e. The van der Waals surface area contributed by atoms with E-state index >= 15 is 0 Å². The Labute approximate surface area is 98.8 Å². The lowest BCUT2D eigenvalue weighted by Gasteiger charge is -2.10. The maximum Gasteiger partial charge on any atom is 0.272 e. The first-order valence-electron chi connectivity index (χ1n) is 5.20. The van der Waals surface area contributed by atoms with Crippen LogP contribution in [0.5, 0.6) is 0 Å². The van der Waals surface area contributed by atoms with Gasteiger partial charge in [0.25, 0.3) is 5.91 Å². The van der Waals surface area contributed by atoms with Crippen molar-refractivity contribution >= 4 is 17.6 Å². The third kappa shape index (κ3) is 3.71. The molecule has 1 unspecified atom stereocenters. The highest BCUT2D eigenvalue weighted by molar-refractivity contribution is 5.95. The number of primary amides is 1. The molecule has 1 rings (SSSR count). The van der Waals surface area contributed by atoms with E-state index in [1.54, 1.807) is 0 Å². The van der Waals surface area contributed by atoms with Crippen LogP contribution < -0.4 is 16.4 Å². The molecule has 1 heterocycles. The van der Waals surface area contributed by atoms with Gasteiger partial charge in [-0.2, -0.15) is 0 Å². The molecule has 0 aliphatic rings. The zero-order chi connectivity index (χ0) is 12.8. The number of nitrogens with two attached hydrogens (primary N) is 1. The molecule has 2 amide bonds. The summed E-state index contributed by atoms with van der Waals surface area (Å²) in [4.78, 5) is 30.4. The monoisotopic (exact) mass is 237 g/mol. The lowest BCUT2D eigenvalue weighted by molar-refractivity contribution is -0.119. The molecule has 17 heavy (non-hydrogen) atoms. The second kappa shape index (κ2) is 5.78. The summed E-state index contributed by atoms with van der Waals surface area (Å²) in [5, 5.41) is 5.35. The van der Waals surface area contributed by atoms with Crippen molar-refractivity contribution in [2.45, 2.75) is 19.9 Å². The van der Waals surface area contributed by atoms with Gasteiger partial charge in [-0.1, -0.05) is 0 Å².